The van der Waals surface area contributed by atoms with E-state index in [0.717, 1.165) is 57.8 Å². The van der Waals surface area contributed by atoms with Crippen LogP contribution in [0.5, 0.6) is 0 Å². The summed E-state index contributed by atoms with van der Waals surface area (Å²) >= 11 is 0. The highest BCUT2D eigenvalue weighted by molar-refractivity contribution is 5.94. The summed E-state index contributed by atoms with van der Waals surface area (Å²) in [6.07, 6.45) is 1.61. The van der Waals surface area contributed by atoms with Crippen LogP contribution >= 0.6 is 0 Å². The van der Waals surface area contributed by atoms with Gasteiger partial charge in [0, 0.05) is 44.2 Å². The van der Waals surface area contributed by atoms with Gasteiger partial charge in [0.05, 0.1) is 19.3 Å². The summed E-state index contributed by atoms with van der Waals surface area (Å²) < 4.78 is 5.39. The van der Waals surface area contributed by atoms with Gasteiger partial charge in [-0.1, -0.05) is 12.1 Å². The van der Waals surface area contributed by atoms with E-state index in [1.54, 1.807) is 0 Å². The largest absolute Gasteiger partial charge is 0.393 e. The first-order valence-corrected chi connectivity index (χ1v) is 9.00. The van der Waals surface area contributed by atoms with Crippen LogP contribution < -0.4 is 0 Å². The van der Waals surface area contributed by atoms with Crippen molar-refractivity contribution in [2.24, 2.45) is 5.92 Å². The molecule has 2 unspecified atom stereocenters. The lowest BCUT2D eigenvalue weighted by molar-refractivity contribution is 0.0341. The summed E-state index contributed by atoms with van der Waals surface area (Å²) in [5.41, 5.74) is 1.93. The van der Waals surface area contributed by atoms with Crippen molar-refractivity contribution >= 4 is 5.91 Å². The molecule has 2 heterocycles. The van der Waals surface area contributed by atoms with Crippen molar-refractivity contribution in [1.82, 2.24) is 9.80 Å². The summed E-state index contributed by atoms with van der Waals surface area (Å²) in [4.78, 5) is 17.1. The molecule has 0 aromatic heterocycles. The van der Waals surface area contributed by atoms with Crippen LogP contribution in [-0.2, 0) is 11.3 Å². The normalized spacial score (nSPS) is 23.9. The van der Waals surface area contributed by atoms with Gasteiger partial charge in [0.1, 0.15) is 0 Å². The maximum absolute atomic E-state index is 12.8. The van der Waals surface area contributed by atoms with Crippen molar-refractivity contribution in [3.63, 3.8) is 0 Å². The molecule has 0 saturated carbocycles. The van der Waals surface area contributed by atoms with Gasteiger partial charge < -0.3 is 14.7 Å². The van der Waals surface area contributed by atoms with Gasteiger partial charge >= 0.3 is 0 Å². The van der Waals surface area contributed by atoms with Gasteiger partial charge in [-0.3, -0.25) is 9.69 Å². The number of aliphatic hydroxyl groups is 1. The fraction of sp³-hybridized carbons (Fsp3) is 0.632. The topological polar surface area (TPSA) is 53.0 Å². The van der Waals surface area contributed by atoms with Crippen LogP contribution in [0.1, 0.15) is 35.7 Å². The highest BCUT2D eigenvalue weighted by Crippen LogP contribution is 2.22. The molecule has 0 bridgehead atoms. The molecule has 2 atom stereocenters. The zero-order valence-electron chi connectivity index (χ0n) is 14.5. The molecule has 0 radical (unpaired) electrons. The van der Waals surface area contributed by atoms with Gasteiger partial charge in [-0.05, 0) is 37.5 Å². The molecule has 2 aliphatic heterocycles. The number of amides is 1. The average Bonchev–Trinajstić information content (AvgIpc) is 2.62. The number of likely N-dealkylation sites (tertiary alicyclic amines) is 1. The molecule has 0 spiro atoms. The van der Waals surface area contributed by atoms with Gasteiger partial charge in [-0.2, -0.15) is 0 Å². The molecular weight excluding hydrogens is 304 g/mol. The highest BCUT2D eigenvalue weighted by atomic mass is 16.5. The fourth-order valence-electron chi connectivity index (χ4n) is 3.59. The average molecular weight is 332 g/mol. The smallest absolute Gasteiger partial charge is 0.253 e. The van der Waals surface area contributed by atoms with Crippen molar-refractivity contribution in [3.05, 3.63) is 35.4 Å². The standard InChI is InChI=1S/C19H28N2O3/c1-15(22)18-6-3-7-21(14-18)19(23)17-5-2-4-16(12-17)13-20-8-10-24-11-9-20/h2,4-5,12,15,18,22H,3,6-11,13-14H2,1H3. The zero-order valence-corrected chi connectivity index (χ0v) is 14.5. The molecule has 0 aliphatic carbocycles. The van der Waals surface area contributed by atoms with Gasteiger partial charge in [0.25, 0.3) is 5.91 Å². The molecule has 1 aromatic carbocycles. The van der Waals surface area contributed by atoms with Crippen LogP contribution in [0, 0.1) is 5.92 Å². The summed E-state index contributed by atoms with van der Waals surface area (Å²) in [7, 11) is 0. The molecular formula is C19H28N2O3. The second-order valence-corrected chi connectivity index (χ2v) is 6.98. The van der Waals surface area contributed by atoms with Gasteiger partial charge in [-0.25, -0.2) is 0 Å². The number of rotatable bonds is 4. The fourth-order valence-corrected chi connectivity index (χ4v) is 3.59. The predicted molar refractivity (Wildman–Crippen MR) is 92.8 cm³/mol. The molecule has 1 amide bonds. The Bertz CT molecular complexity index is 555. The number of benzene rings is 1. The van der Waals surface area contributed by atoms with E-state index in [1.807, 2.05) is 30.0 Å². The molecule has 2 saturated heterocycles. The van der Waals surface area contributed by atoms with Gasteiger partial charge in [0.2, 0.25) is 0 Å². The quantitative estimate of drug-likeness (QED) is 0.913. The van der Waals surface area contributed by atoms with Crippen LogP contribution in [0.4, 0.5) is 0 Å². The minimum Gasteiger partial charge on any atom is -0.393 e. The van der Waals surface area contributed by atoms with E-state index >= 15 is 0 Å². The first kappa shape index (κ1) is 17.4. The van der Waals surface area contributed by atoms with Crippen molar-refractivity contribution < 1.29 is 14.6 Å². The Morgan fingerprint density at radius 2 is 2.12 bits per heavy atom. The van der Waals surface area contributed by atoms with E-state index in [0.29, 0.717) is 6.54 Å². The van der Waals surface area contributed by atoms with E-state index in [9.17, 15) is 9.90 Å². The van der Waals surface area contributed by atoms with Crippen LogP contribution in [-0.4, -0.2) is 66.3 Å². The van der Waals surface area contributed by atoms with Gasteiger partial charge in [-0.15, -0.1) is 0 Å². The van der Waals surface area contributed by atoms with Crippen molar-refractivity contribution in [1.29, 1.82) is 0 Å². The second-order valence-electron chi connectivity index (χ2n) is 6.98. The molecule has 24 heavy (non-hydrogen) atoms. The van der Waals surface area contributed by atoms with E-state index < -0.39 is 0 Å². The summed E-state index contributed by atoms with van der Waals surface area (Å²) in [5.74, 6) is 0.281. The number of ether oxygens (including phenoxy) is 1. The Balaban J connectivity index is 1.65. The van der Waals surface area contributed by atoms with Crippen LogP contribution in [0.15, 0.2) is 24.3 Å². The summed E-state index contributed by atoms with van der Waals surface area (Å²) in [6.45, 7) is 7.59. The first-order chi connectivity index (χ1) is 11.6. The molecule has 132 valence electrons. The van der Waals surface area contributed by atoms with Crippen molar-refractivity contribution in [2.45, 2.75) is 32.4 Å². The van der Waals surface area contributed by atoms with Crippen LogP contribution in [0.3, 0.4) is 0 Å². The molecule has 1 N–H and O–H groups in total. The third-order valence-corrected chi connectivity index (χ3v) is 5.11. The SMILES string of the molecule is CC(O)C1CCCN(C(=O)c2cccc(CN3CCOCC3)c2)C1. The van der Waals surface area contributed by atoms with E-state index in [-0.39, 0.29) is 17.9 Å². The lowest BCUT2D eigenvalue weighted by Crippen LogP contribution is -2.43. The van der Waals surface area contributed by atoms with Crippen molar-refractivity contribution in [3.8, 4) is 0 Å². The highest BCUT2D eigenvalue weighted by Gasteiger charge is 2.27. The second kappa shape index (κ2) is 8.10. The van der Waals surface area contributed by atoms with Crippen LogP contribution in [0.25, 0.3) is 0 Å². The first-order valence-electron chi connectivity index (χ1n) is 9.00. The summed E-state index contributed by atoms with van der Waals surface area (Å²) in [6, 6.07) is 7.97. The summed E-state index contributed by atoms with van der Waals surface area (Å²) in [5, 5.41) is 9.82. The predicted octanol–water partition coefficient (Wildman–Crippen LogP) is 1.75. The van der Waals surface area contributed by atoms with Crippen LogP contribution in [0.2, 0.25) is 0 Å². The maximum atomic E-state index is 12.8. The Labute approximate surface area is 144 Å². The Hall–Kier alpha value is -1.43. The molecule has 2 aliphatic rings. The zero-order chi connectivity index (χ0) is 16.9. The minimum absolute atomic E-state index is 0.0872. The van der Waals surface area contributed by atoms with Gasteiger partial charge in [0.15, 0.2) is 0 Å². The molecule has 1 aromatic rings. The maximum Gasteiger partial charge on any atom is 0.253 e. The van der Waals surface area contributed by atoms with E-state index in [1.165, 1.54) is 5.56 Å². The lowest BCUT2D eigenvalue weighted by Gasteiger charge is -2.34. The van der Waals surface area contributed by atoms with E-state index in [2.05, 4.69) is 11.0 Å². The third kappa shape index (κ3) is 4.35. The number of carbonyl (C=O) groups is 1. The number of hydrogen-bond acceptors (Lipinski definition) is 4. The Kier molecular flexibility index (Phi) is 5.87. The number of hydrogen-bond donors (Lipinski definition) is 1. The molecule has 3 rings (SSSR count). The number of aliphatic hydroxyl groups excluding tert-OH is 1. The van der Waals surface area contributed by atoms with E-state index in [4.69, 9.17) is 4.74 Å². The minimum atomic E-state index is -0.353. The molecule has 5 nitrogen and oxygen atoms in total. The molecule has 2 fully saturated rings. The number of nitrogens with zero attached hydrogens (tertiary/aromatic N) is 2. The lowest BCUT2D eigenvalue weighted by atomic mass is 9.93. The van der Waals surface area contributed by atoms with Crippen molar-refractivity contribution in [2.75, 3.05) is 39.4 Å². The third-order valence-electron chi connectivity index (χ3n) is 5.11. The number of morpholine rings is 1. The Morgan fingerprint density at radius 3 is 2.88 bits per heavy atom. The number of piperidine rings is 1. The Morgan fingerprint density at radius 1 is 1.33 bits per heavy atom. The monoisotopic (exact) mass is 332 g/mol. The molecule has 5 heteroatoms. The number of carbonyl (C=O) groups excluding carboxylic acids is 1.